The summed E-state index contributed by atoms with van der Waals surface area (Å²) in [5.41, 5.74) is 2.03. The molecular weight excluding hydrogens is 268 g/mol. The molecule has 0 heterocycles. The summed E-state index contributed by atoms with van der Waals surface area (Å²) in [5, 5.41) is 23.3. The number of nitrogens with zero attached hydrogens (tertiary/aromatic N) is 1. The van der Waals surface area contributed by atoms with Gasteiger partial charge in [0.2, 0.25) is 0 Å². The van der Waals surface area contributed by atoms with Gasteiger partial charge in [0, 0.05) is 31.3 Å². The maximum Gasteiger partial charge on any atom is 0.269 e. The molecule has 110 valence electrons. The number of hydrogen-bond acceptors (Lipinski definition) is 4. The van der Waals surface area contributed by atoms with Crippen LogP contribution in [0, 0.1) is 10.1 Å². The fourth-order valence-corrected chi connectivity index (χ4v) is 2.22. The van der Waals surface area contributed by atoms with Crippen molar-refractivity contribution in [1.29, 1.82) is 0 Å². The molecule has 5 heteroatoms. The van der Waals surface area contributed by atoms with Gasteiger partial charge < -0.3 is 10.4 Å². The number of rotatable bonds is 7. The van der Waals surface area contributed by atoms with Crippen LogP contribution in [0.15, 0.2) is 54.6 Å². The highest BCUT2D eigenvalue weighted by atomic mass is 16.6. The summed E-state index contributed by atoms with van der Waals surface area (Å²) in [4.78, 5) is 10.4. The van der Waals surface area contributed by atoms with E-state index in [4.69, 9.17) is 0 Å². The van der Waals surface area contributed by atoms with Gasteiger partial charge >= 0.3 is 0 Å². The molecule has 0 spiro atoms. The van der Waals surface area contributed by atoms with E-state index in [9.17, 15) is 15.2 Å². The summed E-state index contributed by atoms with van der Waals surface area (Å²) in [6.07, 6.45) is 0.596. The highest BCUT2D eigenvalue weighted by Crippen LogP contribution is 2.18. The minimum absolute atomic E-state index is 0.0236. The van der Waals surface area contributed by atoms with Gasteiger partial charge in [-0.25, -0.2) is 0 Å². The van der Waals surface area contributed by atoms with E-state index in [-0.39, 0.29) is 18.3 Å². The highest BCUT2D eigenvalue weighted by Gasteiger charge is 2.11. The quantitative estimate of drug-likeness (QED) is 0.606. The van der Waals surface area contributed by atoms with E-state index in [1.54, 1.807) is 12.1 Å². The number of nitro groups is 1. The lowest BCUT2D eigenvalue weighted by molar-refractivity contribution is -0.384. The summed E-state index contributed by atoms with van der Waals surface area (Å²) in [6, 6.07) is 16.4. The van der Waals surface area contributed by atoms with Crippen LogP contribution in [0.25, 0.3) is 0 Å². The van der Waals surface area contributed by atoms with Gasteiger partial charge in [0.15, 0.2) is 0 Å². The minimum Gasteiger partial charge on any atom is -0.396 e. The van der Waals surface area contributed by atoms with Crippen LogP contribution < -0.4 is 5.32 Å². The largest absolute Gasteiger partial charge is 0.396 e. The Labute approximate surface area is 123 Å². The predicted molar refractivity (Wildman–Crippen MR) is 80.8 cm³/mol. The summed E-state index contributed by atoms with van der Waals surface area (Å²) >= 11 is 0. The van der Waals surface area contributed by atoms with E-state index in [0.29, 0.717) is 13.0 Å². The number of aliphatic hydroxyl groups is 1. The molecule has 21 heavy (non-hydrogen) atoms. The molecule has 1 atom stereocenters. The van der Waals surface area contributed by atoms with Gasteiger partial charge in [-0.1, -0.05) is 42.5 Å². The van der Waals surface area contributed by atoms with Gasteiger partial charge in [-0.05, 0) is 17.5 Å². The van der Waals surface area contributed by atoms with Crippen molar-refractivity contribution in [3.05, 3.63) is 75.8 Å². The van der Waals surface area contributed by atoms with Crippen LogP contribution >= 0.6 is 0 Å². The topological polar surface area (TPSA) is 75.4 Å². The van der Waals surface area contributed by atoms with Gasteiger partial charge in [-0.2, -0.15) is 0 Å². The van der Waals surface area contributed by atoms with Crippen LogP contribution in [0.5, 0.6) is 0 Å². The normalized spacial score (nSPS) is 12.0. The van der Waals surface area contributed by atoms with Gasteiger partial charge in [-0.15, -0.1) is 0 Å². The lowest BCUT2D eigenvalue weighted by atomic mass is 10.0. The van der Waals surface area contributed by atoms with E-state index in [1.807, 2.05) is 36.4 Å². The Kier molecular flexibility index (Phi) is 5.43. The molecule has 2 aromatic carbocycles. The number of non-ortho nitro benzene ring substituents is 1. The molecule has 0 unspecified atom stereocenters. The van der Waals surface area contributed by atoms with Gasteiger partial charge in [0.25, 0.3) is 5.69 Å². The van der Waals surface area contributed by atoms with Crippen molar-refractivity contribution in [3.63, 3.8) is 0 Å². The van der Waals surface area contributed by atoms with Crippen molar-refractivity contribution in [3.8, 4) is 0 Å². The Bertz CT molecular complexity index is 587. The smallest absolute Gasteiger partial charge is 0.269 e. The van der Waals surface area contributed by atoms with E-state index in [1.165, 1.54) is 6.07 Å². The first-order valence-corrected chi connectivity index (χ1v) is 6.83. The molecule has 0 aromatic heterocycles. The molecule has 0 amide bonds. The fraction of sp³-hybridized carbons (Fsp3) is 0.250. The monoisotopic (exact) mass is 286 g/mol. The van der Waals surface area contributed by atoms with Crippen molar-refractivity contribution in [1.82, 2.24) is 5.32 Å². The minimum atomic E-state index is -0.397. The lowest BCUT2D eigenvalue weighted by Gasteiger charge is -2.18. The van der Waals surface area contributed by atoms with Crippen LogP contribution in [0.3, 0.4) is 0 Å². The van der Waals surface area contributed by atoms with Crippen molar-refractivity contribution in [2.75, 3.05) is 6.61 Å². The third kappa shape index (κ3) is 4.37. The first-order chi connectivity index (χ1) is 10.2. The zero-order chi connectivity index (χ0) is 15.1. The zero-order valence-corrected chi connectivity index (χ0v) is 11.6. The molecule has 0 saturated carbocycles. The van der Waals surface area contributed by atoms with Crippen LogP contribution in [0.4, 0.5) is 5.69 Å². The standard InChI is InChI=1S/C16H18N2O3/c19-10-9-16(14-6-2-1-3-7-14)17-12-13-5-4-8-15(11-13)18(20)21/h1-8,11,16-17,19H,9-10,12H2/t16-/m1/s1. The van der Waals surface area contributed by atoms with Crippen LogP contribution in [-0.4, -0.2) is 16.6 Å². The molecule has 0 bridgehead atoms. The van der Waals surface area contributed by atoms with Gasteiger partial charge in [0.05, 0.1) is 4.92 Å². The molecule has 2 aromatic rings. The molecule has 0 saturated heterocycles. The van der Waals surface area contributed by atoms with Crippen molar-refractivity contribution in [2.45, 2.75) is 19.0 Å². The van der Waals surface area contributed by atoms with Gasteiger partial charge in [0.1, 0.15) is 0 Å². The van der Waals surface area contributed by atoms with E-state index < -0.39 is 4.92 Å². The number of nitrogens with one attached hydrogen (secondary N) is 1. The molecule has 0 aliphatic rings. The summed E-state index contributed by atoms with van der Waals surface area (Å²) in [6.45, 7) is 0.600. The molecule has 0 fully saturated rings. The average molecular weight is 286 g/mol. The molecule has 0 radical (unpaired) electrons. The second kappa shape index (κ2) is 7.52. The molecule has 2 rings (SSSR count). The van der Waals surface area contributed by atoms with Crippen LogP contribution in [0.2, 0.25) is 0 Å². The van der Waals surface area contributed by atoms with Crippen LogP contribution in [0.1, 0.15) is 23.6 Å². The van der Waals surface area contributed by atoms with Crippen molar-refractivity contribution in [2.24, 2.45) is 0 Å². The van der Waals surface area contributed by atoms with E-state index in [2.05, 4.69) is 5.32 Å². The summed E-state index contributed by atoms with van der Waals surface area (Å²) in [5.74, 6) is 0. The molecular formula is C16H18N2O3. The Hall–Kier alpha value is -2.24. The molecule has 0 aliphatic carbocycles. The number of benzene rings is 2. The van der Waals surface area contributed by atoms with Crippen molar-refractivity contribution >= 4 is 5.69 Å². The fourth-order valence-electron chi connectivity index (χ4n) is 2.22. The van der Waals surface area contributed by atoms with Gasteiger partial charge in [-0.3, -0.25) is 10.1 Å². The van der Waals surface area contributed by atoms with E-state index in [0.717, 1.165) is 11.1 Å². The Balaban J connectivity index is 2.05. The second-order valence-electron chi connectivity index (χ2n) is 4.78. The Morgan fingerprint density at radius 2 is 1.90 bits per heavy atom. The Morgan fingerprint density at radius 1 is 1.14 bits per heavy atom. The SMILES string of the molecule is O=[N+]([O-])c1cccc(CN[C@H](CCO)c2ccccc2)c1. The number of hydrogen-bond donors (Lipinski definition) is 2. The van der Waals surface area contributed by atoms with E-state index >= 15 is 0 Å². The number of nitro benzene ring substituents is 1. The summed E-state index contributed by atoms with van der Waals surface area (Å²) < 4.78 is 0. The molecule has 0 aliphatic heterocycles. The maximum atomic E-state index is 10.8. The highest BCUT2D eigenvalue weighted by molar-refractivity contribution is 5.34. The first-order valence-electron chi connectivity index (χ1n) is 6.83. The molecule has 2 N–H and O–H groups in total. The predicted octanol–water partition coefficient (Wildman–Crippen LogP) is 2.81. The Morgan fingerprint density at radius 3 is 2.57 bits per heavy atom. The third-order valence-corrected chi connectivity index (χ3v) is 3.29. The molecule has 5 nitrogen and oxygen atoms in total. The summed E-state index contributed by atoms with van der Waals surface area (Å²) in [7, 11) is 0. The lowest BCUT2D eigenvalue weighted by Crippen LogP contribution is -2.22. The first kappa shape index (κ1) is 15.2. The third-order valence-electron chi connectivity index (χ3n) is 3.29. The zero-order valence-electron chi connectivity index (χ0n) is 11.6. The second-order valence-corrected chi connectivity index (χ2v) is 4.78. The van der Waals surface area contributed by atoms with Crippen molar-refractivity contribution < 1.29 is 10.0 Å². The number of aliphatic hydroxyl groups excluding tert-OH is 1. The average Bonchev–Trinajstić information content (AvgIpc) is 2.52. The van der Waals surface area contributed by atoms with Crippen LogP contribution in [-0.2, 0) is 6.54 Å². The maximum absolute atomic E-state index is 10.8.